The third-order valence-electron chi connectivity index (χ3n) is 7.40. The molecule has 1 aliphatic heterocycles. The summed E-state index contributed by atoms with van der Waals surface area (Å²) in [5.74, 6) is 2.63. The van der Waals surface area contributed by atoms with Crippen molar-refractivity contribution in [1.29, 1.82) is 0 Å². The summed E-state index contributed by atoms with van der Waals surface area (Å²) in [6.07, 6.45) is 4.58. The number of amidine groups is 1. The van der Waals surface area contributed by atoms with Crippen LogP contribution in [0, 0.1) is 5.41 Å². The maximum atomic E-state index is 5.88. The predicted molar refractivity (Wildman–Crippen MR) is 138 cm³/mol. The Morgan fingerprint density at radius 1 is 1.06 bits per heavy atom. The number of hydrogen-bond acceptors (Lipinski definition) is 4. The summed E-state index contributed by atoms with van der Waals surface area (Å²) in [6.45, 7) is 7.72. The highest BCUT2D eigenvalue weighted by atomic mass is 16.5. The molecule has 1 unspecified atom stereocenters. The van der Waals surface area contributed by atoms with Crippen LogP contribution in [0.25, 0.3) is 0 Å². The van der Waals surface area contributed by atoms with Crippen molar-refractivity contribution >= 4 is 5.84 Å². The number of aliphatic imine (C=N–C) groups is 1. The Hall–Kier alpha value is -2.53. The fourth-order valence-corrected chi connectivity index (χ4v) is 4.86. The Labute approximate surface area is 200 Å². The van der Waals surface area contributed by atoms with Gasteiger partial charge in [0.25, 0.3) is 0 Å². The summed E-state index contributed by atoms with van der Waals surface area (Å²) in [7, 11) is 7.49. The maximum absolute atomic E-state index is 5.88. The van der Waals surface area contributed by atoms with E-state index in [0.717, 1.165) is 49.0 Å². The van der Waals surface area contributed by atoms with Gasteiger partial charge in [-0.05, 0) is 49.4 Å². The standard InChI is InChI=1S/C28H41N3O2/c1-7-28(2)17-20-31(21-18-28)25(23-14-11-15-24(32-5)26(23)33-6)27(29-3)30(4)19-16-22-12-9-8-10-13-22/h8-15,25H,7,16-21H2,1-6H3. The summed E-state index contributed by atoms with van der Waals surface area (Å²) in [5, 5.41) is 0. The average Bonchev–Trinajstić information content (AvgIpc) is 2.86. The van der Waals surface area contributed by atoms with E-state index in [4.69, 9.17) is 14.5 Å². The number of benzene rings is 2. The molecule has 1 fully saturated rings. The number of methoxy groups -OCH3 is 2. The van der Waals surface area contributed by atoms with E-state index in [9.17, 15) is 0 Å². The van der Waals surface area contributed by atoms with Crippen LogP contribution in [0.2, 0.25) is 0 Å². The zero-order valence-corrected chi connectivity index (χ0v) is 21.3. The maximum Gasteiger partial charge on any atom is 0.165 e. The molecule has 2 aromatic rings. The zero-order valence-electron chi connectivity index (χ0n) is 21.3. The smallest absolute Gasteiger partial charge is 0.165 e. The Kier molecular flexibility index (Phi) is 8.79. The van der Waals surface area contributed by atoms with E-state index in [1.165, 1.54) is 24.8 Å². The van der Waals surface area contributed by atoms with Crippen LogP contribution in [0.4, 0.5) is 0 Å². The second-order valence-corrected chi connectivity index (χ2v) is 9.42. The van der Waals surface area contributed by atoms with Crippen molar-refractivity contribution < 1.29 is 9.47 Å². The molecule has 5 heteroatoms. The van der Waals surface area contributed by atoms with Gasteiger partial charge < -0.3 is 14.4 Å². The summed E-state index contributed by atoms with van der Waals surface area (Å²) >= 11 is 0. The number of rotatable bonds is 9. The number of hydrogen-bond donors (Lipinski definition) is 0. The van der Waals surface area contributed by atoms with Gasteiger partial charge in [0, 0.05) is 26.2 Å². The van der Waals surface area contributed by atoms with Crippen LogP contribution < -0.4 is 9.47 Å². The molecule has 33 heavy (non-hydrogen) atoms. The molecule has 0 saturated carbocycles. The van der Waals surface area contributed by atoms with Gasteiger partial charge in [0.05, 0.1) is 20.3 Å². The molecule has 0 spiro atoms. The number of nitrogens with zero attached hydrogens (tertiary/aromatic N) is 3. The van der Waals surface area contributed by atoms with Crippen LogP contribution in [-0.2, 0) is 6.42 Å². The van der Waals surface area contributed by atoms with Crippen molar-refractivity contribution in [3.63, 3.8) is 0 Å². The molecule has 0 N–H and O–H groups in total. The van der Waals surface area contributed by atoms with Crippen LogP contribution >= 0.6 is 0 Å². The second-order valence-electron chi connectivity index (χ2n) is 9.42. The van der Waals surface area contributed by atoms with Gasteiger partial charge in [-0.2, -0.15) is 0 Å². The molecule has 1 aliphatic rings. The molecule has 1 saturated heterocycles. The fourth-order valence-electron chi connectivity index (χ4n) is 4.86. The number of para-hydroxylation sites is 1. The minimum atomic E-state index is 0.0160. The lowest BCUT2D eigenvalue weighted by Gasteiger charge is -2.44. The van der Waals surface area contributed by atoms with Gasteiger partial charge in [-0.1, -0.05) is 62.7 Å². The Morgan fingerprint density at radius 2 is 1.76 bits per heavy atom. The molecule has 0 aromatic heterocycles. The van der Waals surface area contributed by atoms with Gasteiger partial charge in [0.15, 0.2) is 11.5 Å². The first-order valence-electron chi connectivity index (χ1n) is 12.1. The quantitative estimate of drug-likeness (QED) is 0.375. The van der Waals surface area contributed by atoms with E-state index in [1.807, 2.05) is 13.1 Å². The molecule has 1 heterocycles. The first kappa shape index (κ1) is 25.1. The summed E-state index contributed by atoms with van der Waals surface area (Å²) in [5.41, 5.74) is 2.87. The van der Waals surface area contributed by atoms with Crippen LogP contribution in [0.5, 0.6) is 11.5 Å². The third kappa shape index (κ3) is 5.89. The molecular weight excluding hydrogens is 410 g/mol. The summed E-state index contributed by atoms with van der Waals surface area (Å²) < 4.78 is 11.5. The fraction of sp³-hybridized carbons (Fsp3) is 0.536. The lowest BCUT2D eigenvalue weighted by atomic mass is 9.77. The molecule has 5 nitrogen and oxygen atoms in total. The van der Waals surface area contributed by atoms with Gasteiger partial charge in [-0.15, -0.1) is 0 Å². The molecule has 0 radical (unpaired) electrons. The van der Waals surface area contributed by atoms with Gasteiger partial charge in [0.1, 0.15) is 5.84 Å². The largest absolute Gasteiger partial charge is 0.493 e. The molecule has 0 aliphatic carbocycles. The number of piperidine rings is 1. The van der Waals surface area contributed by atoms with E-state index >= 15 is 0 Å². The SMILES string of the molecule is CCC1(C)CCN(C(C(=NC)N(C)CCc2ccccc2)c2cccc(OC)c2OC)CC1. The highest BCUT2D eigenvalue weighted by Crippen LogP contribution is 2.42. The number of ether oxygens (including phenoxy) is 2. The molecule has 2 aromatic carbocycles. The van der Waals surface area contributed by atoms with Crippen molar-refractivity contribution in [3.8, 4) is 11.5 Å². The zero-order chi connectivity index (χ0) is 23.8. The van der Waals surface area contributed by atoms with Gasteiger partial charge in [-0.3, -0.25) is 9.89 Å². The first-order valence-corrected chi connectivity index (χ1v) is 12.1. The molecule has 0 amide bonds. The van der Waals surface area contributed by atoms with E-state index in [2.05, 4.69) is 73.2 Å². The topological polar surface area (TPSA) is 37.3 Å². The van der Waals surface area contributed by atoms with Gasteiger partial charge >= 0.3 is 0 Å². The highest BCUT2D eigenvalue weighted by molar-refractivity contribution is 5.89. The van der Waals surface area contributed by atoms with E-state index in [0.29, 0.717) is 5.41 Å². The number of likely N-dealkylation sites (N-methyl/N-ethyl adjacent to an activating group) is 1. The first-order chi connectivity index (χ1) is 16.0. The Bertz CT molecular complexity index is 905. The van der Waals surface area contributed by atoms with Crippen molar-refractivity contribution in [2.75, 3.05) is 47.9 Å². The molecule has 0 bridgehead atoms. The molecular formula is C28H41N3O2. The molecule has 3 rings (SSSR count). The van der Waals surface area contributed by atoms with Crippen molar-refractivity contribution in [1.82, 2.24) is 9.80 Å². The van der Waals surface area contributed by atoms with Crippen molar-refractivity contribution in [2.45, 2.75) is 45.6 Å². The van der Waals surface area contributed by atoms with E-state index in [1.54, 1.807) is 14.2 Å². The third-order valence-corrected chi connectivity index (χ3v) is 7.40. The number of likely N-dealkylation sites (tertiary alicyclic amines) is 1. The van der Waals surface area contributed by atoms with Crippen molar-refractivity contribution in [2.24, 2.45) is 10.4 Å². The lowest BCUT2D eigenvalue weighted by Crippen LogP contribution is -2.47. The monoisotopic (exact) mass is 451 g/mol. The Balaban J connectivity index is 1.94. The van der Waals surface area contributed by atoms with Crippen LogP contribution in [0.3, 0.4) is 0 Å². The van der Waals surface area contributed by atoms with Crippen LogP contribution in [-0.4, -0.2) is 63.6 Å². The minimum absolute atomic E-state index is 0.0160. The van der Waals surface area contributed by atoms with Crippen LogP contribution in [0.15, 0.2) is 53.5 Å². The normalized spacial score (nSPS) is 17.5. The second kappa shape index (κ2) is 11.6. The van der Waals surface area contributed by atoms with Gasteiger partial charge in [0.2, 0.25) is 0 Å². The van der Waals surface area contributed by atoms with Crippen LogP contribution in [0.1, 0.15) is 50.3 Å². The average molecular weight is 452 g/mol. The Morgan fingerprint density at radius 3 is 2.33 bits per heavy atom. The minimum Gasteiger partial charge on any atom is -0.493 e. The molecule has 180 valence electrons. The van der Waals surface area contributed by atoms with Gasteiger partial charge in [-0.25, -0.2) is 0 Å². The summed E-state index contributed by atoms with van der Waals surface area (Å²) in [4.78, 5) is 9.73. The van der Waals surface area contributed by atoms with Crippen molar-refractivity contribution in [3.05, 3.63) is 59.7 Å². The van der Waals surface area contributed by atoms with E-state index < -0.39 is 0 Å². The van der Waals surface area contributed by atoms with E-state index in [-0.39, 0.29) is 6.04 Å². The summed E-state index contributed by atoms with van der Waals surface area (Å²) in [6, 6.07) is 16.9. The molecule has 1 atom stereocenters. The lowest BCUT2D eigenvalue weighted by molar-refractivity contribution is 0.0962. The predicted octanol–water partition coefficient (Wildman–Crippen LogP) is 5.46. The highest BCUT2D eigenvalue weighted by Gasteiger charge is 2.36.